The summed E-state index contributed by atoms with van der Waals surface area (Å²) >= 11 is 0. The first-order chi connectivity index (χ1) is 10.5. The van der Waals surface area contributed by atoms with E-state index >= 15 is 0 Å². The Labute approximate surface area is 125 Å². The van der Waals surface area contributed by atoms with Gasteiger partial charge in [-0.15, -0.1) is 0 Å². The fourth-order valence-corrected chi connectivity index (χ4v) is 2.58. The minimum absolute atomic E-state index is 0.0698. The summed E-state index contributed by atoms with van der Waals surface area (Å²) in [5.41, 5.74) is 7.31. The molecule has 2 N–H and O–H groups in total. The van der Waals surface area contributed by atoms with Gasteiger partial charge in [-0.2, -0.15) is 0 Å². The van der Waals surface area contributed by atoms with Crippen LogP contribution in [0.25, 0.3) is 0 Å². The normalized spacial score (nSPS) is 18.1. The van der Waals surface area contributed by atoms with E-state index in [9.17, 15) is 18.0 Å². The average molecular weight is 306 g/mol. The highest BCUT2D eigenvalue weighted by molar-refractivity contribution is 5.90. The zero-order valence-electron chi connectivity index (χ0n) is 11.5. The lowest BCUT2D eigenvalue weighted by Gasteiger charge is -2.26. The van der Waals surface area contributed by atoms with Gasteiger partial charge in [-0.1, -0.05) is 18.2 Å². The van der Waals surface area contributed by atoms with Gasteiger partial charge in [0.1, 0.15) is 0 Å². The first kappa shape index (κ1) is 14.6. The number of hydrogen-bond donors (Lipinski definition) is 1. The predicted octanol–water partition coefficient (Wildman–Crippen LogP) is 2.69. The van der Waals surface area contributed by atoms with Gasteiger partial charge in [-0.25, -0.2) is 13.2 Å². The zero-order valence-corrected chi connectivity index (χ0v) is 11.5. The van der Waals surface area contributed by atoms with Crippen molar-refractivity contribution in [1.82, 2.24) is 0 Å². The van der Waals surface area contributed by atoms with Gasteiger partial charge in [-0.3, -0.25) is 4.79 Å². The van der Waals surface area contributed by atoms with E-state index < -0.39 is 23.5 Å². The summed E-state index contributed by atoms with van der Waals surface area (Å²) in [6.45, 7) is 0.0698. The molecule has 22 heavy (non-hydrogen) atoms. The van der Waals surface area contributed by atoms with E-state index in [0.717, 1.165) is 12.1 Å². The summed E-state index contributed by atoms with van der Waals surface area (Å²) in [4.78, 5) is 13.5. The molecule has 0 saturated carbocycles. The van der Waals surface area contributed by atoms with E-state index in [1.807, 2.05) is 0 Å². The molecule has 1 atom stereocenters. The number of carbonyl (C=O) groups is 1. The topological polar surface area (TPSA) is 46.3 Å². The van der Waals surface area contributed by atoms with E-state index in [1.54, 1.807) is 24.3 Å². The minimum Gasteiger partial charge on any atom is -0.339 e. The predicted molar refractivity (Wildman–Crippen MR) is 76.5 cm³/mol. The van der Waals surface area contributed by atoms with Crippen LogP contribution in [0.1, 0.15) is 5.56 Å². The molecule has 0 bridgehead atoms. The lowest BCUT2D eigenvalue weighted by atomic mass is 10.1. The summed E-state index contributed by atoms with van der Waals surface area (Å²) < 4.78 is 40.2. The molecule has 0 spiro atoms. The number of Topliss-reactive ketones (excluding diaryl/α,β-unsaturated/α-hetero) is 1. The number of hydrogen-bond acceptors (Lipinski definition) is 3. The van der Waals surface area contributed by atoms with Gasteiger partial charge in [0, 0.05) is 36.5 Å². The van der Waals surface area contributed by atoms with Crippen molar-refractivity contribution < 1.29 is 18.0 Å². The Morgan fingerprint density at radius 2 is 1.73 bits per heavy atom. The molecule has 0 aromatic heterocycles. The van der Waals surface area contributed by atoms with E-state index in [2.05, 4.69) is 0 Å². The Morgan fingerprint density at radius 1 is 1.09 bits per heavy atom. The molecule has 2 aromatic carbocycles. The maximum atomic E-state index is 13.5. The Balaban J connectivity index is 2.15. The number of anilines is 2. The molecular weight excluding hydrogens is 293 g/mol. The molecule has 114 valence electrons. The van der Waals surface area contributed by atoms with Crippen molar-refractivity contribution in [3.05, 3.63) is 59.4 Å². The molecule has 3 nitrogen and oxygen atoms in total. The van der Waals surface area contributed by atoms with Crippen molar-refractivity contribution in [2.45, 2.75) is 12.5 Å². The van der Waals surface area contributed by atoms with Gasteiger partial charge in [-0.05, 0) is 11.6 Å². The monoisotopic (exact) mass is 306 g/mol. The van der Waals surface area contributed by atoms with Crippen LogP contribution < -0.4 is 10.6 Å². The lowest BCUT2D eigenvalue weighted by Crippen LogP contribution is -2.39. The first-order valence-corrected chi connectivity index (χ1v) is 6.75. The van der Waals surface area contributed by atoms with E-state index in [0.29, 0.717) is 11.3 Å². The second-order valence-electron chi connectivity index (χ2n) is 5.21. The quantitative estimate of drug-likeness (QED) is 0.824. The van der Waals surface area contributed by atoms with E-state index in [-0.39, 0.29) is 24.4 Å². The first-order valence-electron chi connectivity index (χ1n) is 6.75. The number of nitrogens with two attached hydrogens (primary N) is 1. The lowest BCUT2D eigenvalue weighted by molar-refractivity contribution is -0.119. The van der Waals surface area contributed by atoms with E-state index in [1.165, 1.54) is 4.90 Å². The van der Waals surface area contributed by atoms with Crippen molar-refractivity contribution in [3.8, 4) is 0 Å². The Bertz CT molecular complexity index is 725. The summed E-state index contributed by atoms with van der Waals surface area (Å²) in [5.74, 6) is -4.24. The molecule has 1 aliphatic rings. The summed E-state index contributed by atoms with van der Waals surface area (Å²) in [7, 11) is 0. The number of fused-ring (bicyclic) bond motifs is 1. The molecule has 0 unspecified atom stereocenters. The third-order valence-electron chi connectivity index (χ3n) is 3.72. The molecular formula is C16H13F3N2O. The van der Waals surface area contributed by atoms with Gasteiger partial charge < -0.3 is 10.6 Å². The van der Waals surface area contributed by atoms with Crippen LogP contribution in [0, 0.1) is 17.5 Å². The second-order valence-corrected chi connectivity index (χ2v) is 5.21. The van der Waals surface area contributed by atoms with Crippen LogP contribution in [0.4, 0.5) is 24.5 Å². The largest absolute Gasteiger partial charge is 0.339 e. The van der Waals surface area contributed by atoms with Gasteiger partial charge in [0.05, 0.1) is 6.04 Å². The van der Waals surface area contributed by atoms with Gasteiger partial charge in [0.15, 0.2) is 23.2 Å². The fraction of sp³-hybridized carbons (Fsp3) is 0.188. The Kier molecular flexibility index (Phi) is 3.62. The fourth-order valence-electron chi connectivity index (χ4n) is 2.58. The Hall–Kier alpha value is -2.34. The molecule has 1 aliphatic heterocycles. The van der Waals surface area contributed by atoms with Crippen LogP contribution in [0.5, 0.6) is 0 Å². The van der Waals surface area contributed by atoms with E-state index in [4.69, 9.17) is 5.73 Å². The maximum absolute atomic E-state index is 13.5. The van der Waals surface area contributed by atoms with Crippen LogP contribution in [-0.4, -0.2) is 18.4 Å². The minimum atomic E-state index is -1.52. The number of ketones is 1. The molecule has 0 fully saturated rings. The molecule has 0 aliphatic carbocycles. The average Bonchev–Trinajstić information content (AvgIpc) is 2.62. The van der Waals surface area contributed by atoms with Crippen LogP contribution >= 0.6 is 0 Å². The highest BCUT2D eigenvalue weighted by Gasteiger charge is 2.27. The standard InChI is InChI=1S/C16H13F3N2O/c17-11-6-10(7-12(18)16(11)19)21-8-13(20)15(22)5-9-3-1-2-4-14(9)21/h1-4,6-7,13H,5,8,20H2/t13-/m0/s1. The molecule has 0 amide bonds. The number of carbonyl (C=O) groups excluding carboxylic acids is 1. The maximum Gasteiger partial charge on any atom is 0.194 e. The van der Waals surface area contributed by atoms with Crippen LogP contribution in [0.3, 0.4) is 0 Å². The summed E-state index contributed by atoms with van der Waals surface area (Å²) in [6, 6.07) is 8.03. The Morgan fingerprint density at radius 3 is 2.41 bits per heavy atom. The number of halogens is 3. The number of para-hydroxylation sites is 1. The van der Waals surface area contributed by atoms with Crippen molar-refractivity contribution in [3.63, 3.8) is 0 Å². The third-order valence-corrected chi connectivity index (χ3v) is 3.72. The third kappa shape index (κ3) is 2.46. The van der Waals surface area contributed by atoms with Crippen LogP contribution in [0.15, 0.2) is 36.4 Å². The van der Waals surface area contributed by atoms with Crippen LogP contribution in [0.2, 0.25) is 0 Å². The van der Waals surface area contributed by atoms with Gasteiger partial charge >= 0.3 is 0 Å². The number of nitrogens with zero attached hydrogens (tertiary/aromatic N) is 1. The molecule has 6 heteroatoms. The van der Waals surface area contributed by atoms with Gasteiger partial charge in [0.25, 0.3) is 0 Å². The summed E-state index contributed by atoms with van der Waals surface area (Å²) in [6.07, 6.45) is 0.153. The SMILES string of the molecule is N[C@H]1CN(c2cc(F)c(F)c(F)c2)c2ccccc2CC1=O. The van der Waals surface area contributed by atoms with Crippen molar-refractivity contribution in [2.24, 2.45) is 5.73 Å². The highest BCUT2D eigenvalue weighted by atomic mass is 19.2. The molecule has 1 heterocycles. The molecule has 2 aromatic rings. The van der Waals surface area contributed by atoms with Crippen molar-refractivity contribution in [1.29, 1.82) is 0 Å². The van der Waals surface area contributed by atoms with Crippen LogP contribution in [-0.2, 0) is 11.2 Å². The molecule has 3 rings (SSSR count). The molecule has 0 radical (unpaired) electrons. The van der Waals surface area contributed by atoms with Crippen molar-refractivity contribution >= 4 is 17.2 Å². The van der Waals surface area contributed by atoms with Crippen molar-refractivity contribution in [2.75, 3.05) is 11.4 Å². The number of rotatable bonds is 1. The smallest absolute Gasteiger partial charge is 0.194 e. The summed E-state index contributed by atoms with van der Waals surface area (Å²) in [5, 5.41) is 0. The molecule has 0 saturated heterocycles. The zero-order chi connectivity index (χ0) is 15.9. The highest BCUT2D eigenvalue weighted by Crippen LogP contribution is 2.33. The number of benzene rings is 2. The van der Waals surface area contributed by atoms with Gasteiger partial charge in [0.2, 0.25) is 0 Å². The second kappa shape index (κ2) is 5.46.